The molecule has 0 fully saturated rings. The van der Waals surface area contributed by atoms with Crippen LogP contribution in [0.25, 0.3) is 5.65 Å². The molecule has 98 valence electrons. The van der Waals surface area contributed by atoms with Crippen LogP contribution >= 0.6 is 11.8 Å². The number of aromatic nitrogens is 4. The largest absolute Gasteiger partial charge is 0.441 e. The number of aromatic amines is 1. The minimum Gasteiger partial charge on any atom is -0.369 e. The Hall–Kier alpha value is -1.71. The van der Waals surface area contributed by atoms with Gasteiger partial charge in [0.1, 0.15) is 12.1 Å². The van der Waals surface area contributed by atoms with Gasteiger partial charge < -0.3 is 5.32 Å². The minimum absolute atomic E-state index is 0.107. The van der Waals surface area contributed by atoms with E-state index in [1.54, 1.807) is 0 Å². The third-order valence-corrected chi connectivity index (χ3v) is 2.72. The number of hydrogen-bond donors (Lipinski definition) is 2. The van der Waals surface area contributed by atoms with Gasteiger partial charge in [0.25, 0.3) is 0 Å². The van der Waals surface area contributed by atoms with Crippen LogP contribution in [0.2, 0.25) is 0 Å². The van der Waals surface area contributed by atoms with Gasteiger partial charge in [-0.2, -0.15) is 18.3 Å². The summed E-state index contributed by atoms with van der Waals surface area (Å²) in [6.07, 6.45) is 1.25. The first-order valence-corrected chi connectivity index (χ1v) is 5.81. The highest BCUT2D eigenvalue weighted by molar-refractivity contribution is 8.00. The van der Waals surface area contributed by atoms with E-state index in [4.69, 9.17) is 0 Å². The molecule has 0 atom stereocenters. The van der Waals surface area contributed by atoms with E-state index in [9.17, 15) is 18.0 Å². The molecule has 2 aromatic rings. The van der Waals surface area contributed by atoms with Gasteiger partial charge in [-0.25, -0.2) is 19.3 Å². The van der Waals surface area contributed by atoms with Gasteiger partial charge in [-0.3, -0.25) is 0 Å². The topological polar surface area (TPSA) is 75.1 Å². The van der Waals surface area contributed by atoms with E-state index < -0.39 is 11.2 Å². The number of nitrogens with zero attached hydrogens (tertiary/aromatic N) is 3. The van der Waals surface area contributed by atoms with Crippen LogP contribution in [0.4, 0.5) is 19.0 Å². The summed E-state index contributed by atoms with van der Waals surface area (Å²) in [5.74, 6) is 0.244. The van der Waals surface area contributed by atoms with E-state index >= 15 is 0 Å². The average molecular weight is 279 g/mol. The maximum absolute atomic E-state index is 11.9. The highest BCUT2D eigenvalue weighted by Gasteiger charge is 2.27. The first kappa shape index (κ1) is 12.7. The number of anilines is 1. The lowest BCUT2D eigenvalue weighted by atomic mass is 10.5. The van der Waals surface area contributed by atoms with Crippen LogP contribution in [0.1, 0.15) is 0 Å². The number of thioether (sulfide) groups is 1. The van der Waals surface area contributed by atoms with Crippen molar-refractivity contribution in [1.82, 2.24) is 19.6 Å². The van der Waals surface area contributed by atoms with E-state index in [1.807, 2.05) is 0 Å². The third-order valence-electron chi connectivity index (χ3n) is 1.98. The predicted octanol–water partition coefficient (Wildman–Crippen LogP) is 1.08. The molecule has 0 saturated heterocycles. The molecule has 2 rings (SSSR count). The highest BCUT2D eigenvalue weighted by atomic mass is 32.2. The second-order valence-corrected chi connectivity index (χ2v) is 4.41. The summed E-state index contributed by atoms with van der Waals surface area (Å²) in [5.41, 5.74) is -4.30. The fourth-order valence-corrected chi connectivity index (χ4v) is 1.69. The number of halogens is 3. The Bertz CT molecular complexity index is 592. The summed E-state index contributed by atoms with van der Waals surface area (Å²) < 4.78 is 36.8. The normalized spacial score (nSPS) is 11.9. The zero-order valence-electron chi connectivity index (χ0n) is 8.86. The number of rotatable bonds is 4. The lowest BCUT2D eigenvalue weighted by Gasteiger charge is -2.07. The van der Waals surface area contributed by atoms with E-state index in [2.05, 4.69) is 20.5 Å². The molecule has 2 heterocycles. The highest BCUT2D eigenvalue weighted by Crippen LogP contribution is 2.29. The SMILES string of the molecule is O=c1[nH]nc2cc(NCCSC(F)(F)F)ncn12. The molecular formula is C8H8F3N5OS. The molecule has 18 heavy (non-hydrogen) atoms. The summed E-state index contributed by atoms with van der Waals surface area (Å²) in [4.78, 5) is 15.0. The molecule has 0 bridgehead atoms. The Morgan fingerprint density at radius 2 is 2.28 bits per heavy atom. The summed E-state index contributed by atoms with van der Waals surface area (Å²) in [6.45, 7) is 0.113. The molecule has 2 N–H and O–H groups in total. The monoisotopic (exact) mass is 279 g/mol. The van der Waals surface area contributed by atoms with E-state index in [1.165, 1.54) is 16.8 Å². The van der Waals surface area contributed by atoms with E-state index in [0.717, 1.165) is 0 Å². The first-order valence-electron chi connectivity index (χ1n) is 4.83. The lowest BCUT2D eigenvalue weighted by Crippen LogP contribution is -2.12. The molecule has 10 heteroatoms. The Morgan fingerprint density at radius 1 is 1.50 bits per heavy atom. The molecule has 0 amide bonds. The molecule has 0 aliphatic carbocycles. The maximum Gasteiger partial charge on any atom is 0.441 e. The van der Waals surface area contributed by atoms with Crippen molar-refractivity contribution in [1.29, 1.82) is 0 Å². The Balaban J connectivity index is 1.94. The number of fused-ring (bicyclic) bond motifs is 1. The number of nitrogens with one attached hydrogen (secondary N) is 2. The standard InChI is InChI=1S/C8H8F3N5OS/c9-8(10,11)18-2-1-12-5-3-6-14-15-7(17)16(6)4-13-5/h3-4,12H,1-2H2,(H,15,17). The second kappa shape index (κ2) is 4.88. The summed E-state index contributed by atoms with van der Waals surface area (Å²) in [6, 6.07) is 1.47. The number of hydrogen-bond acceptors (Lipinski definition) is 5. The Labute approximate surface area is 103 Å². The predicted molar refractivity (Wildman–Crippen MR) is 60.6 cm³/mol. The van der Waals surface area contributed by atoms with E-state index in [0.29, 0.717) is 11.5 Å². The van der Waals surface area contributed by atoms with Crippen LogP contribution < -0.4 is 11.0 Å². The molecule has 6 nitrogen and oxygen atoms in total. The fourth-order valence-electron chi connectivity index (χ4n) is 1.25. The van der Waals surface area contributed by atoms with Crippen LogP contribution in [-0.2, 0) is 0 Å². The van der Waals surface area contributed by atoms with Gasteiger partial charge in [-0.05, 0) is 11.8 Å². The van der Waals surface area contributed by atoms with Gasteiger partial charge in [0.2, 0.25) is 0 Å². The second-order valence-electron chi connectivity index (χ2n) is 3.25. The molecule has 0 unspecified atom stereocenters. The van der Waals surface area contributed by atoms with Crippen LogP contribution in [0, 0.1) is 0 Å². The average Bonchev–Trinajstić information content (AvgIpc) is 2.65. The number of alkyl halides is 3. The van der Waals surface area contributed by atoms with Crippen molar-refractivity contribution in [3.8, 4) is 0 Å². The molecule has 0 radical (unpaired) electrons. The van der Waals surface area contributed by atoms with Gasteiger partial charge in [0.05, 0.1) is 0 Å². The van der Waals surface area contributed by atoms with Crippen molar-refractivity contribution in [2.75, 3.05) is 17.6 Å². The quantitative estimate of drug-likeness (QED) is 0.819. The van der Waals surface area contributed by atoms with Crippen LogP contribution in [-0.4, -0.2) is 37.4 Å². The minimum atomic E-state index is -4.23. The molecular weight excluding hydrogens is 271 g/mol. The molecule has 0 saturated carbocycles. The Kier molecular flexibility index (Phi) is 3.45. The van der Waals surface area contributed by atoms with Gasteiger partial charge in [0, 0.05) is 18.4 Å². The fraction of sp³-hybridized carbons (Fsp3) is 0.375. The van der Waals surface area contributed by atoms with Crippen molar-refractivity contribution in [2.45, 2.75) is 5.51 Å². The van der Waals surface area contributed by atoms with Crippen LogP contribution in [0.15, 0.2) is 17.2 Å². The van der Waals surface area contributed by atoms with Gasteiger partial charge in [-0.1, -0.05) is 0 Å². The van der Waals surface area contributed by atoms with Gasteiger partial charge >= 0.3 is 11.2 Å². The van der Waals surface area contributed by atoms with Crippen molar-refractivity contribution in [3.05, 3.63) is 22.9 Å². The summed E-state index contributed by atoms with van der Waals surface area (Å²) in [5, 5.41) is 8.65. The molecule has 0 aliphatic heterocycles. The molecule has 0 aliphatic rings. The molecule has 0 spiro atoms. The Morgan fingerprint density at radius 3 is 3.00 bits per heavy atom. The van der Waals surface area contributed by atoms with Gasteiger partial charge in [-0.15, -0.1) is 0 Å². The van der Waals surface area contributed by atoms with Crippen LogP contribution in [0.3, 0.4) is 0 Å². The van der Waals surface area contributed by atoms with Crippen molar-refractivity contribution < 1.29 is 13.2 Å². The van der Waals surface area contributed by atoms with Crippen molar-refractivity contribution in [2.24, 2.45) is 0 Å². The number of H-pyrrole nitrogens is 1. The van der Waals surface area contributed by atoms with Crippen molar-refractivity contribution >= 4 is 23.2 Å². The van der Waals surface area contributed by atoms with Gasteiger partial charge in [0.15, 0.2) is 5.65 Å². The third kappa shape index (κ3) is 3.15. The molecule has 2 aromatic heterocycles. The first-order chi connectivity index (χ1) is 8.46. The summed E-state index contributed by atoms with van der Waals surface area (Å²) >= 11 is -0.107. The smallest absolute Gasteiger partial charge is 0.369 e. The van der Waals surface area contributed by atoms with E-state index in [-0.39, 0.29) is 24.1 Å². The molecule has 0 aromatic carbocycles. The summed E-state index contributed by atoms with van der Waals surface area (Å²) in [7, 11) is 0. The lowest BCUT2D eigenvalue weighted by molar-refractivity contribution is -0.0327. The van der Waals surface area contributed by atoms with Crippen LogP contribution in [0.5, 0.6) is 0 Å². The zero-order chi connectivity index (χ0) is 13.2. The van der Waals surface area contributed by atoms with Crippen molar-refractivity contribution in [3.63, 3.8) is 0 Å². The maximum atomic E-state index is 11.9. The zero-order valence-corrected chi connectivity index (χ0v) is 9.68.